The van der Waals surface area contributed by atoms with Crippen LogP contribution in [0.1, 0.15) is 19.0 Å². The normalized spacial score (nSPS) is 13.0. The van der Waals surface area contributed by atoms with E-state index in [9.17, 15) is 0 Å². The molecular formula is C13H26N4O. The predicted molar refractivity (Wildman–Crippen MR) is 74.2 cm³/mol. The second kappa shape index (κ2) is 7.38. The summed E-state index contributed by atoms with van der Waals surface area (Å²) < 4.78 is 7.44. The molecule has 1 rings (SSSR count). The van der Waals surface area contributed by atoms with Crippen LogP contribution in [-0.2, 0) is 13.0 Å². The zero-order valence-corrected chi connectivity index (χ0v) is 12.2. The van der Waals surface area contributed by atoms with Gasteiger partial charge in [-0.2, -0.15) is 5.10 Å². The van der Waals surface area contributed by atoms with E-state index in [2.05, 4.69) is 41.0 Å². The van der Waals surface area contributed by atoms with Crippen molar-refractivity contribution in [3.63, 3.8) is 0 Å². The first-order valence-electron chi connectivity index (χ1n) is 6.49. The molecule has 0 saturated heterocycles. The van der Waals surface area contributed by atoms with Gasteiger partial charge in [-0.3, -0.25) is 4.68 Å². The van der Waals surface area contributed by atoms with Crippen molar-refractivity contribution >= 4 is 0 Å². The molecule has 0 bridgehead atoms. The summed E-state index contributed by atoms with van der Waals surface area (Å²) in [6.45, 7) is 4.08. The molecule has 0 aliphatic carbocycles. The second-order valence-electron chi connectivity index (χ2n) is 4.91. The number of aromatic nitrogens is 2. The molecule has 0 aliphatic rings. The molecule has 0 spiro atoms. The van der Waals surface area contributed by atoms with Crippen molar-refractivity contribution < 1.29 is 4.74 Å². The van der Waals surface area contributed by atoms with Gasteiger partial charge in [0.25, 0.3) is 0 Å². The fourth-order valence-electron chi connectivity index (χ4n) is 1.80. The first-order valence-corrected chi connectivity index (χ1v) is 6.49. The maximum Gasteiger partial charge on any atom is 0.159 e. The number of nitrogens with one attached hydrogen (secondary N) is 1. The van der Waals surface area contributed by atoms with Crippen LogP contribution in [0.2, 0.25) is 0 Å². The molecule has 0 aromatic carbocycles. The summed E-state index contributed by atoms with van der Waals surface area (Å²) >= 11 is 0. The van der Waals surface area contributed by atoms with Crippen molar-refractivity contribution in [2.75, 3.05) is 34.8 Å². The van der Waals surface area contributed by atoms with Crippen LogP contribution in [0.3, 0.4) is 0 Å². The van der Waals surface area contributed by atoms with E-state index in [0.29, 0.717) is 6.04 Å². The van der Waals surface area contributed by atoms with Gasteiger partial charge < -0.3 is 15.0 Å². The zero-order valence-electron chi connectivity index (χ0n) is 12.2. The van der Waals surface area contributed by atoms with Crippen molar-refractivity contribution in [3.8, 4) is 5.75 Å². The molecule has 5 heteroatoms. The number of rotatable bonds is 8. The third kappa shape index (κ3) is 4.31. The van der Waals surface area contributed by atoms with E-state index in [1.165, 1.54) is 5.69 Å². The lowest BCUT2D eigenvalue weighted by atomic mass is 10.1. The Balaban J connectivity index is 2.68. The van der Waals surface area contributed by atoms with E-state index in [4.69, 9.17) is 4.74 Å². The van der Waals surface area contributed by atoms with Crippen LogP contribution in [-0.4, -0.2) is 55.5 Å². The van der Waals surface area contributed by atoms with Crippen molar-refractivity contribution in [2.45, 2.75) is 32.4 Å². The number of ether oxygens (including phenoxy) is 1. The van der Waals surface area contributed by atoms with Gasteiger partial charge in [0.2, 0.25) is 0 Å². The minimum Gasteiger partial charge on any atom is -0.493 e. The molecule has 104 valence electrons. The highest BCUT2D eigenvalue weighted by atomic mass is 16.5. The molecule has 0 fully saturated rings. The maximum atomic E-state index is 5.38. The van der Waals surface area contributed by atoms with Crippen molar-refractivity contribution in [1.82, 2.24) is 20.0 Å². The average molecular weight is 254 g/mol. The number of hydrogen-bond acceptors (Lipinski definition) is 4. The molecule has 1 atom stereocenters. The highest BCUT2D eigenvalue weighted by Gasteiger charge is 2.12. The fraction of sp³-hybridized carbons (Fsp3) is 0.769. The SMILES string of the molecule is CNC(C)CCc1c(OC)cnn1CCN(C)C. The van der Waals surface area contributed by atoms with Gasteiger partial charge in [-0.25, -0.2) is 0 Å². The van der Waals surface area contributed by atoms with Crippen LogP contribution in [0.4, 0.5) is 0 Å². The molecule has 1 unspecified atom stereocenters. The molecule has 0 saturated carbocycles. The van der Waals surface area contributed by atoms with E-state index < -0.39 is 0 Å². The first kappa shape index (κ1) is 15.0. The van der Waals surface area contributed by atoms with Gasteiger partial charge in [0.1, 0.15) is 0 Å². The number of hydrogen-bond donors (Lipinski definition) is 1. The lowest BCUT2D eigenvalue weighted by Gasteiger charge is -2.14. The summed E-state index contributed by atoms with van der Waals surface area (Å²) in [6, 6.07) is 0.506. The molecule has 0 radical (unpaired) electrons. The summed E-state index contributed by atoms with van der Waals surface area (Å²) in [5.74, 6) is 0.900. The van der Waals surface area contributed by atoms with E-state index in [-0.39, 0.29) is 0 Å². The Bertz CT molecular complexity index is 349. The Morgan fingerprint density at radius 2 is 2.22 bits per heavy atom. The molecule has 18 heavy (non-hydrogen) atoms. The zero-order chi connectivity index (χ0) is 13.5. The summed E-state index contributed by atoms with van der Waals surface area (Å²) in [5, 5.41) is 7.66. The fourth-order valence-corrected chi connectivity index (χ4v) is 1.80. The predicted octanol–water partition coefficient (Wildman–Crippen LogP) is 0.994. The lowest BCUT2D eigenvalue weighted by Crippen LogP contribution is -2.23. The van der Waals surface area contributed by atoms with Crippen LogP contribution in [0.15, 0.2) is 6.20 Å². The van der Waals surface area contributed by atoms with E-state index >= 15 is 0 Å². The molecule has 0 aliphatic heterocycles. The monoisotopic (exact) mass is 254 g/mol. The van der Waals surface area contributed by atoms with E-state index in [0.717, 1.165) is 31.7 Å². The van der Waals surface area contributed by atoms with Gasteiger partial charge in [0.15, 0.2) is 5.75 Å². The highest BCUT2D eigenvalue weighted by Crippen LogP contribution is 2.19. The van der Waals surface area contributed by atoms with Crippen LogP contribution in [0, 0.1) is 0 Å². The minimum atomic E-state index is 0.506. The Morgan fingerprint density at radius 3 is 2.78 bits per heavy atom. The highest BCUT2D eigenvalue weighted by molar-refractivity contribution is 5.25. The number of likely N-dealkylation sites (N-methyl/N-ethyl adjacent to an activating group) is 1. The van der Waals surface area contributed by atoms with Crippen LogP contribution in [0.5, 0.6) is 5.75 Å². The standard InChI is InChI=1S/C13H26N4O/c1-11(14-2)6-7-12-13(18-5)10-15-17(12)9-8-16(3)4/h10-11,14H,6-9H2,1-5H3. The number of nitrogens with zero attached hydrogens (tertiary/aromatic N) is 3. The van der Waals surface area contributed by atoms with E-state index in [1.807, 2.05) is 13.2 Å². The molecule has 1 aromatic rings. The third-order valence-corrected chi connectivity index (χ3v) is 3.20. The topological polar surface area (TPSA) is 42.3 Å². The first-order chi connectivity index (χ1) is 8.58. The van der Waals surface area contributed by atoms with Crippen molar-refractivity contribution in [3.05, 3.63) is 11.9 Å². The smallest absolute Gasteiger partial charge is 0.159 e. The van der Waals surface area contributed by atoms with Crippen molar-refractivity contribution in [2.24, 2.45) is 0 Å². The van der Waals surface area contributed by atoms with Crippen molar-refractivity contribution in [1.29, 1.82) is 0 Å². The second-order valence-corrected chi connectivity index (χ2v) is 4.91. The largest absolute Gasteiger partial charge is 0.493 e. The molecule has 1 aromatic heterocycles. The Hall–Kier alpha value is -1.07. The molecular weight excluding hydrogens is 228 g/mol. The molecule has 1 N–H and O–H groups in total. The Labute approximate surface area is 110 Å². The Morgan fingerprint density at radius 1 is 1.50 bits per heavy atom. The van der Waals surface area contributed by atoms with Gasteiger partial charge in [0.05, 0.1) is 25.5 Å². The summed E-state index contributed by atoms with van der Waals surface area (Å²) in [6.07, 6.45) is 3.88. The third-order valence-electron chi connectivity index (χ3n) is 3.20. The number of methoxy groups -OCH3 is 1. The maximum absolute atomic E-state index is 5.38. The van der Waals surface area contributed by atoms with Gasteiger partial charge in [-0.15, -0.1) is 0 Å². The van der Waals surface area contributed by atoms with E-state index in [1.54, 1.807) is 7.11 Å². The Kier molecular flexibility index (Phi) is 6.15. The van der Waals surface area contributed by atoms with Crippen LogP contribution >= 0.6 is 0 Å². The average Bonchev–Trinajstić information content (AvgIpc) is 2.75. The summed E-state index contributed by atoms with van der Waals surface area (Å²) in [7, 11) is 7.84. The summed E-state index contributed by atoms with van der Waals surface area (Å²) in [4.78, 5) is 2.16. The van der Waals surface area contributed by atoms with Gasteiger partial charge >= 0.3 is 0 Å². The molecule has 5 nitrogen and oxygen atoms in total. The van der Waals surface area contributed by atoms with Crippen LogP contribution < -0.4 is 10.1 Å². The van der Waals surface area contributed by atoms with Gasteiger partial charge in [-0.1, -0.05) is 0 Å². The quantitative estimate of drug-likeness (QED) is 0.751. The summed E-state index contributed by atoms with van der Waals surface area (Å²) in [5.41, 5.74) is 1.20. The minimum absolute atomic E-state index is 0.506. The van der Waals surface area contributed by atoms with Gasteiger partial charge in [0, 0.05) is 12.6 Å². The molecule has 0 amide bonds. The molecule has 1 heterocycles. The van der Waals surface area contributed by atoms with Crippen LogP contribution in [0.25, 0.3) is 0 Å². The van der Waals surface area contributed by atoms with Gasteiger partial charge in [-0.05, 0) is 40.9 Å². The lowest BCUT2D eigenvalue weighted by molar-refractivity contribution is 0.364.